The van der Waals surface area contributed by atoms with Gasteiger partial charge >= 0.3 is 0 Å². The Hall–Kier alpha value is -2.02. The van der Waals surface area contributed by atoms with Crippen LogP contribution in [0.4, 0.5) is 5.82 Å². The summed E-state index contributed by atoms with van der Waals surface area (Å²) in [6.07, 6.45) is 1.28. The fourth-order valence-corrected chi connectivity index (χ4v) is 4.18. The summed E-state index contributed by atoms with van der Waals surface area (Å²) in [4.78, 5) is 10.2. The van der Waals surface area contributed by atoms with Crippen molar-refractivity contribution in [2.45, 2.75) is 25.4 Å². The number of ether oxygens (including phenoxy) is 1. The lowest BCUT2D eigenvalue weighted by Gasteiger charge is -2.32. The molecule has 1 aliphatic heterocycles. The van der Waals surface area contributed by atoms with Crippen molar-refractivity contribution in [3.05, 3.63) is 41.5 Å². The molecule has 1 fully saturated rings. The van der Waals surface area contributed by atoms with E-state index in [0.29, 0.717) is 32.6 Å². The minimum absolute atomic E-state index is 0.464. The Bertz CT molecular complexity index is 873. The number of aryl methyl sites for hydroxylation is 1. The molecule has 130 valence electrons. The van der Waals surface area contributed by atoms with Crippen LogP contribution >= 0.6 is 11.3 Å². The van der Waals surface area contributed by atoms with Crippen LogP contribution in [0.5, 0.6) is 0 Å². The van der Waals surface area contributed by atoms with Gasteiger partial charge in [-0.15, -0.1) is 11.3 Å². The molecule has 5 nitrogen and oxygen atoms in total. The number of benzene rings is 1. The predicted octanol–water partition coefficient (Wildman–Crippen LogP) is 3.62. The quantitative estimate of drug-likeness (QED) is 0.748. The monoisotopic (exact) mass is 355 g/mol. The van der Waals surface area contributed by atoms with E-state index in [4.69, 9.17) is 4.74 Å². The molecule has 1 aliphatic rings. The van der Waals surface area contributed by atoms with Crippen molar-refractivity contribution in [1.29, 1.82) is 0 Å². The number of fused-ring (bicyclic) bond motifs is 1. The van der Waals surface area contributed by atoms with Crippen molar-refractivity contribution < 1.29 is 9.84 Å². The molecule has 25 heavy (non-hydrogen) atoms. The van der Waals surface area contributed by atoms with Crippen molar-refractivity contribution in [2.24, 2.45) is 0 Å². The Labute approximate surface area is 150 Å². The topological polar surface area (TPSA) is 67.3 Å². The molecule has 3 aromatic rings. The first kappa shape index (κ1) is 16.4. The zero-order valence-electron chi connectivity index (χ0n) is 14.2. The van der Waals surface area contributed by atoms with E-state index < -0.39 is 5.60 Å². The highest BCUT2D eigenvalue weighted by Gasteiger charge is 2.30. The Morgan fingerprint density at radius 3 is 2.72 bits per heavy atom. The van der Waals surface area contributed by atoms with Crippen LogP contribution in [0.3, 0.4) is 0 Å². The van der Waals surface area contributed by atoms with Crippen LogP contribution in [0.15, 0.2) is 35.7 Å². The molecule has 2 N–H and O–H groups in total. The van der Waals surface area contributed by atoms with Crippen molar-refractivity contribution >= 4 is 27.4 Å². The summed E-state index contributed by atoms with van der Waals surface area (Å²) in [6.45, 7) is 3.57. The first-order valence-electron chi connectivity index (χ1n) is 8.50. The normalized spacial score (nSPS) is 16.9. The summed E-state index contributed by atoms with van der Waals surface area (Å²) < 4.78 is 5.36. The van der Waals surface area contributed by atoms with Crippen LogP contribution in [-0.4, -0.2) is 40.4 Å². The van der Waals surface area contributed by atoms with E-state index >= 15 is 0 Å². The van der Waals surface area contributed by atoms with Crippen LogP contribution in [0.1, 0.15) is 18.7 Å². The van der Waals surface area contributed by atoms with Crippen molar-refractivity contribution in [3.63, 3.8) is 0 Å². The van der Waals surface area contributed by atoms with Crippen LogP contribution in [-0.2, 0) is 4.74 Å². The highest BCUT2D eigenvalue weighted by Crippen LogP contribution is 2.37. The summed E-state index contributed by atoms with van der Waals surface area (Å²) in [6, 6.07) is 10.3. The molecule has 0 atom stereocenters. The third-order valence-corrected chi connectivity index (χ3v) is 5.51. The lowest BCUT2D eigenvalue weighted by molar-refractivity contribution is -0.0543. The van der Waals surface area contributed by atoms with Gasteiger partial charge in [0.05, 0.1) is 11.0 Å². The van der Waals surface area contributed by atoms with Gasteiger partial charge < -0.3 is 15.2 Å². The van der Waals surface area contributed by atoms with Gasteiger partial charge in [0.25, 0.3) is 0 Å². The highest BCUT2D eigenvalue weighted by atomic mass is 32.1. The van der Waals surface area contributed by atoms with Gasteiger partial charge in [0.1, 0.15) is 16.5 Å². The molecule has 1 saturated heterocycles. The summed E-state index contributed by atoms with van der Waals surface area (Å²) in [5.74, 6) is 1.53. The smallest absolute Gasteiger partial charge is 0.139 e. The van der Waals surface area contributed by atoms with Gasteiger partial charge in [0.2, 0.25) is 0 Å². The number of nitrogens with zero attached hydrogens (tertiary/aromatic N) is 2. The molecule has 3 heterocycles. The van der Waals surface area contributed by atoms with Crippen molar-refractivity contribution in [3.8, 4) is 11.1 Å². The van der Waals surface area contributed by atoms with Gasteiger partial charge in [-0.05, 0) is 12.5 Å². The number of hydrogen-bond donors (Lipinski definition) is 2. The number of aliphatic hydroxyl groups is 1. The number of anilines is 1. The maximum Gasteiger partial charge on any atom is 0.139 e. The van der Waals surface area contributed by atoms with Crippen molar-refractivity contribution in [2.75, 3.05) is 25.1 Å². The Balaban J connectivity index is 1.71. The first-order valence-corrected chi connectivity index (χ1v) is 9.38. The average molecular weight is 355 g/mol. The van der Waals surface area contributed by atoms with E-state index in [2.05, 4.69) is 32.8 Å². The average Bonchev–Trinajstić information content (AvgIpc) is 3.05. The molecular weight excluding hydrogens is 334 g/mol. The van der Waals surface area contributed by atoms with Crippen molar-refractivity contribution in [1.82, 2.24) is 9.97 Å². The van der Waals surface area contributed by atoms with Crippen LogP contribution in [0, 0.1) is 6.92 Å². The molecule has 0 spiro atoms. The number of rotatable bonds is 4. The fourth-order valence-electron chi connectivity index (χ4n) is 3.18. The van der Waals surface area contributed by atoms with Gasteiger partial charge in [-0.25, -0.2) is 9.97 Å². The van der Waals surface area contributed by atoms with Crippen LogP contribution in [0.25, 0.3) is 21.3 Å². The standard InChI is InChI=1S/C19H21N3O2S/c1-13-21-17(20-12-19(23)7-9-24-10-8-19)16-15(11-25-18(16)22-13)14-5-3-2-4-6-14/h2-6,11,23H,7-10,12H2,1H3,(H,20,21,22). The zero-order valence-corrected chi connectivity index (χ0v) is 15.0. The molecule has 0 aliphatic carbocycles. The largest absolute Gasteiger partial charge is 0.388 e. The van der Waals surface area contributed by atoms with Gasteiger partial charge in [-0.2, -0.15) is 0 Å². The second-order valence-electron chi connectivity index (χ2n) is 6.51. The molecule has 0 amide bonds. The van der Waals surface area contributed by atoms with Gasteiger partial charge in [0.15, 0.2) is 0 Å². The predicted molar refractivity (Wildman–Crippen MR) is 101 cm³/mol. The highest BCUT2D eigenvalue weighted by molar-refractivity contribution is 7.17. The second kappa shape index (κ2) is 6.71. The van der Waals surface area contributed by atoms with E-state index in [1.807, 2.05) is 25.1 Å². The minimum Gasteiger partial charge on any atom is -0.388 e. The number of nitrogens with one attached hydrogen (secondary N) is 1. The van der Waals surface area contributed by atoms with E-state index in [1.165, 1.54) is 0 Å². The number of thiophene rings is 1. The lowest BCUT2D eigenvalue weighted by atomic mass is 9.94. The third kappa shape index (κ3) is 3.38. The molecule has 0 unspecified atom stereocenters. The Kier molecular flexibility index (Phi) is 4.41. The summed E-state index contributed by atoms with van der Waals surface area (Å²) >= 11 is 1.62. The van der Waals surface area contributed by atoms with E-state index in [-0.39, 0.29) is 0 Å². The molecule has 2 aromatic heterocycles. The molecule has 0 radical (unpaired) electrons. The molecule has 4 rings (SSSR count). The fraction of sp³-hybridized carbons (Fsp3) is 0.368. The van der Waals surface area contributed by atoms with Gasteiger partial charge in [0, 0.05) is 43.5 Å². The zero-order chi connectivity index (χ0) is 17.3. The lowest BCUT2D eigenvalue weighted by Crippen LogP contribution is -2.42. The SMILES string of the molecule is Cc1nc(NCC2(O)CCOCC2)c2c(-c3ccccc3)csc2n1. The van der Waals surface area contributed by atoms with Crippen LogP contribution < -0.4 is 5.32 Å². The minimum atomic E-state index is -0.744. The van der Waals surface area contributed by atoms with E-state index in [9.17, 15) is 5.11 Å². The molecular formula is C19H21N3O2S. The molecule has 0 saturated carbocycles. The Morgan fingerprint density at radius 2 is 1.96 bits per heavy atom. The number of aromatic nitrogens is 2. The third-order valence-electron chi connectivity index (χ3n) is 4.64. The first-order chi connectivity index (χ1) is 12.1. The van der Waals surface area contributed by atoms with Gasteiger partial charge in [-0.1, -0.05) is 30.3 Å². The van der Waals surface area contributed by atoms with Gasteiger partial charge in [-0.3, -0.25) is 0 Å². The molecule has 6 heteroatoms. The summed E-state index contributed by atoms with van der Waals surface area (Å²) in [7, 11) is 0. The van der Waals surface area contributed by atoms with E-state index in [1.54, 1.807) is 11.3 Å². The molecule has 0 bridgehead atoms. The number of hydrogen-bond acceptors (Lipinski definition) is 6. The maximum atomic E-state index is 10.7. The summed E-state index contributed by atoms with van der Waals surface area (Å²) in [5, 5.41) is 17.3. The summed E-state index contributed by atoms with van der Waals surface area (Å²) in [5.41, 5.74) is 1.53. The van der Waals surface area contributed by atoms with Crippen LogP contribution in [0.2, 0.25) is 0 Å². The van der Waals surface area contributed by atoms with E-state index in [0.717, 1.165) is 33.0 Å². The second-order valence-corrected chi connectivity index (χ2v) is 7.36. The molecule has 1 aromatic carbocycles. The Morgan fingerprint density at radius 1 is 1.20 bits per heavy atom. The maximum absolute atomic E-state index is 10.7.